The lowest BCUT2D eigenvalue weighted by molar-refractivity contribution is 0.275. The molecule has 0 amide bonds. The van der Waals surface area contributed by atoms with Crippen LogP contribution < -0.4 is 0 Å². The Bertz CT molecular complexity index is 764. The second-order valence-electron chi connectivity index (χ2n) is 5.19. The predicted molar refractivity (Wildman–Crippen MR) is 86.3 cm³/mol. The van der Waals surface area contributed by atoms with Gasteiger partial charge in [0.15, 0.2) is 0 Å². The van der Waals surface area contributed by atoms with Gasteiger partial charge in [0.1, 0.15) is 5.69 Å². The molecule has 22 heavy (non-hydrogen) atoms. The van der Waals surface area contributed by atoms with Gasteiger partial charge in [-0.25, -0.2) is 4.68 Å². The van der Waals surface area contributed by atoms with Gasteiger partial charge in [0.25, 0.3) is 0 Å². The number of hydrogen-bond donors (Lipinski definition) is 1. The molecule has 0 aliphatic heterocycles. The number of benzene rings is 2. The Morgan fingerprint density at radius 1 is 1.05 bits per heavy atom. The highest BCUT2D eigenvalue weighted by molar-refractivity contribution is 6.30. The summed E-state index contributed by atoms with van der Waals surface area (Å²) in [6.45, 7) is 1.91. The first-order chi connectivity index (χ1) is 10.7. The number of aryl methyl sites for hydroxylation is 1. The number of aliphatic hydroxyl groups is 1. The number of hydrogen-bond acceptors (Lipinski definition) is 3. The highest BCUT2D eigenvalue weighted by Crippen LogP contribution is 2.19. The molecule has 2 aromatic carbocycles. The summed E-state index contributed by atoms with van der Waals surface area (Å²) in [5.41, 5.74) is 4.69. The molecule has 1 heterocycles. The Labute approximate surface area is 134 Å². The minimum atomic E-state index is -0.130. The summed E-state index contributed by atoms with van der Waals surface area (Å²) in [4.78, 5) is 0. The average Bonchev–Trinajstić information content (AvgIpc) is 2.93. The molecule has 0 bridgehead atoms. The largest absolute Gasteiger partial charge is 0.390 e. The van der Waals surface area contributed by atoms with E-state index in [4.69, 9.17) is 11.6 Å². The van der Waals surface area contributed by atoms with E-state index in [0.29, 0.717) is 17.1 Å². The van der Waals surface area contributed by atoms with E-state index in [1.54, 1.807) is 4.68 Å². The molecular weight excluding hydrogens is 298 g/mol. The Morgan fingerprint density at radius 2 is 1.73 bits per heavy atom. The number of halogens is 1. The fourth-order valence-corrected chi connectivity index (χ4v) is 2.45. The van der Waals surface area contributed by atoms with Gasteiger partial charge in [0.05, 0.1) is 18.0 Å². The molecule has 5 heteroatoms. The van der Waals surface area contributed by atoms with Crippen LogP contribution in [0.4, 0.5) is 0 Å². The highest BCUT2D eigenvalue weighted by Gasteiger charge is 2.14. The van der Waals surface area contributed by atoms with Crippen LogP contribution in [0.1, 0.15) is 22.5 Å². The minimum Gasteiger partial charge on any atom is -0.390 e. The van der Waals surface area contributed by atoms with E-state index < -0.39 is 0 Å². The van der Waals surface area contributed by atoms with Crippen LogP contribution in [0.2, 0.25) is 5.02 Å². The maximum atomic E-state index is 9.51. The molecule has 0 radical (unpaired) electrons. The Morgan fingerprint density at radius 3 is 2.36 bits per heavy atom. The average molecular weight is 314 g/mol. The van der Waals surface area contributed by atoms with Crippen molar-refractivity contribution in [3.8, 4) is 5.69 Å². The third-order valence-electron chi connectivity index (χ3n) is 3.56. The first kappa shape index (κ1) is 14.8. The smallest absolute Gasteiger partial charge is 0.112 e. The van der Waals surface area contributed by atoms with Gasteiger partial charge in [-0.15, -0.1) is 5.10 Å². The lowest BCUT2D eigenvalue weighted by Gasteiger charge is -2.08. The summed E-state index contributed by atoms with van der Waals surface area (Å²) < 4.78 is 1.78. The molecule has 0 aliphatic rings. The third kappa shape index (κ3) is 3.03. The second kappa shape index (κ2) is 6.30. The summed E-state index contributed by atoms with van der Waals surface area (Å²) in [7, 11) is 0. The maximum absolute atomic E-state index is 9.51. The van der Waals surface area contributed by atoms with Crippen LogP contribution in [0, 0.1) is 6.92 Å². The molecule has 4 nitrogen and oxygen atoms in total. The van der Waals surface area contributed by atoms with Crippen LogP contribution in [0.25, 0.3) is 5.69 Å². The normalized spacial score (nSPS) is 10.9. The lowest BCUT2D eigenvalue weighted by Crippen LogP contribution is -2.05. The number of rotatable bonds is 4. The van der Waals surface area contributed by atoms with E-state index in [9.17, 15) is 5.11 Å². The van der Waals surface area contributed by atoms with Gasteiger partial charge in [0, 0.05) is 11.4 Å². The van der Waals surface area contributed by atoms with E-state index >= 15 is 0 Å². The molecular formula is C17H16ClN3O. The van der Waals surface area contributed by atoms with Crippen LogP contribution in [-0.2, 0) is 13.0 Å². The molecule has 1 N–H and O–H groups in total. The standard InChI is InChI=1S/C17H16ClN3O/c1-12-2-8-15(9-3-12)21-17(16(11-22)19-20-21)10-13-4-6-14(18)7-5-13/h2-9,22H,10-11H2,1H3. The van der Waals surface area contributed by atoms with Gasteiger partial charge >= 0.3 is 0 Å². The maximum Gasteiger partial charge on any atom is 0.112 e. The van der Waals surface area contributed by atoms with Crippen molar-refractivity contribution in [1.82, 2.24) is 15.0 Å². The fraction of sp³-hybridized carbons (Fsp3) is 0.176. The minimum absolute atomic E-state index is 0.130. The van der Waals surface area contributed by atoms with Crippen molar-refractivity contribution < 1.29 is 5.11 Å². The summed E-state index contributed by atoms with van der Waals surface area (Å²) in [6, 6.07) is 15.7. The zero-order chi connectivity index (χ0) is 15.5. The highest BCUT2D eigenvalue weighted by atomic mass is 35.5. The molecule has 0 aliphatic carbocycles. The SMILES string of the molecule is Cc1ccc(-n2nnc(CO)c2Cc2ccc(Cl)cc2)cc1. The van der Waals surface area contributed by atoms with Crippen molar-refractivity contribution in [1.29, 1.82) is 0 Å². The van der Waals surface area contributed by atoms with Crippen molar-refractivity contribution in [2.24, 2.45) is 0 Å². The van der Waals surface area contributed by atoms with Crippen molar-refractivity contribution in [2.45, 2.75) is 20.0 Å². The molecule has 3 rings (SSSR count). The Balaban J connectivity index is 2.00. The summed E-state index contributed by atoms with van der Waals surface area (Å²) in [5.74, 6) is 0. The zero-order valence-corrected chi connectivity index (χ0v) is 13.0. The Hall–Kier alpha value is -2.17. The van der Waals surface area contributed by atoms with Crippen LogP contribution in [0.15, 0.2) is 48.5 Å². The molecule has 0 spiro atoms. The third-order valence-corrected chi connectivity index (χ3v) is 3.81. The van der Waals surface area contributed by atoms with Crippen LogP contribution in [0.3, 0.4) is 0 Å². The van der Waals surface area contributed by atoms with E-state index in [1.165, 1.54) is 5.56 Å². The van der Waals surface area contributed by atoms with E-state index in [-0.39, 0.29) is 6.61 Å². The molecule has 1 aromatic heterocycles. The quantitative estimate of drug-likeness (QED) is 0.804. The first-order valence-electron chi connectivity index (χ1n) is 7.03. The summed E-state index contributed by atoms with van der Waals surface area (Å²) in [5, 5.41) is 18.5. The van der Waals surface area contributed by atoms with Gasteiger partial charge in [0.2, 0.25) is 0 Å². The van der Waals surface area contributed by atoms with E-state index in [1.807, 2.05) is 55.5 Å². The fourth-order valence-electron chi connectivity index (χ4n) is 2.32. The molecule has 0 atom stereocenters. The first-order valence-corrected chi connectivity index (χ1v) is 7.41. The van der Waals surface area contributed by atoms with Gasteiger partial charge in [-0.3, -0.25) is 0 Å². The molecule has 3 aromatic rings. The summed E-state index contributed by atoms with van der Waals surface area (Å²) in [6.07, 6.45) is 0.633. The molecule has 0 fully saturated rings. The van der Waals surface area contributed by atoms with Crippen LogP contribution in [-0.4, -0.2) is 20.1 Å². The van der Waals surface area contributed by atoms with Gasteiger partial charge in [-0.1, -0.05) is 46.6 Å². The van der Waals surface area contributed by atoms with Crippen molar-refractivity contribution >= 4 is 11.6 Å². The van der Waals surface area contributed by atoms with Gasteiger partial charge in [-0.05, 0) is 36.8 Å². The van der Waals surface area contributed by atoms with Crippen molar-refractivity contribution in [3.05, 3.63) is 76.1 Å². The van der Waals surface area contributed by atoms with Crippen molar-refractivity contribution in [2.75, 3.05) is 0 Å². The zero-order valence-electron chi connectivity index (χ0n) is 12.2. The van der Waals surface area contributed by atoms with Crippen LogP contribution >= 0.6 is 11.6 Å². The number of aromatic nitrogens is 3. The topological polar surface area (TPSA) is 50.9 Å². The summed E-state index contributed by atoms with van der Waals surface area (Å²) >= 11 is 5.92. The molecule has 112 valence electrons. The second-order valence-corrected chi connectivity index (χ2v) is 5.63. The van der Waals surface area contributed by atoms with Crippen molar-refractivity contribution in [3.63, 3.8) is 0 Å². The van der Waals surface area contributed by atoms with Gasteiger partial charge < -0.3 is 5.11 Å². The lowest BCUT2D eigenvalue weighted by atomic mass is 10.1. The molecule has 0 unspecified atom stereocenters. The monoisotopic (exact) mass is 313 g/mol. The number of nitrogens with zero attached hydrogens (tertiary/aromatic N) is 3. The van der Waals surface area contributed by atoms with Crippen LogP contribution in [0.5, 0.6) is 0 Å². The van der Waals surface area contributed by atoms with E-state index in [0.717, 1.165) is 16.9 Å². The number of aliphatic hydroxyl groups excluding tert-OH is 1. The molecule has 0 saturated heterocycles. The predicted octanol–water partition coefficient (Wildman–Crippen LogP) is 3.31. The Kier molecular flexibility index (Phi) is 4.22. The molecule has 0 saturated carbocycles. The van der Waals surface area contributed by atoms with Gasteiger partial charge in [-0.2, -0.15) is 0 Å². The van der Waals surface area contributed by atoms with E-state index in [2.05, 4.69) is 10.3 Å².